The number of nitrogens with one attached hydrogen (secondary N) is 1. The SMILES string of the molecule is COCCN(CCNCc1ccc(Cl)s1)C1CC1. The van der Waals surface area contributed by atoms with E-state index in [0.717, 1.165) is 43.2 Å². The van der Waals surface area contributed by atoms with Crippen molar-refractivity contribution in [1.82, 2.24) is 10.2 Å². The Morgan fingerprint density at radius 1 is 1.44 bits per heavy atom. The van der Waals surface area contributed by atoms with Crippen LogP contribution in [0.5, 0.6) is 0 Å². The van der Waals surface area contributed by atoms with Crippen LogP contribution in [0.2, 0.25) is 4.34 Å². The first kappa shape index (κ1) is 14.3. The number of ether oxygens (including phenoxy) is 1. The highest BCUT2D eigenvalue weighted by Crippen LogP contribution is 2.26. The second kappa shape index (κ2) is 7.46. The van der Waals surface area contributed by atoms with E-state index < -0.39 is 0 Å². The van der Waals surface area contributed by atoms with Gasteiger partial charge in [-0.3, -0.25) is 4.90 Å². The average molecular weight is 289 g/mol. The van der Waals surface area contributed by atoms with Crippen molar-refractivity contribution >= 4 is 22.9 Å². The standard InChI is InChI=1S/C13H21ClN2OS/c1-17-9-8-16(11-2-3-11)7-6-15-10-12-4-5-13(14)18-12/h4-5,11,15H,2-3,6-10H2,1H3. The van der Waals surface area contributed by atoms with E-state index in [0.29, 0.717) is 0 Å². The highest BCUT2D eigenvalue weighted by atomic mass is 35.5. The van der Waals surface area contributed by atoms with Crippen LogP contribution in [0.15, 0.2) is 12.1 Å². The topological polar surface area (TPSA) is 24.5 Å². The zero-order valence-corrected chi connectivity index (χ0v) is 12.4. The summed E-state index contributed by atoms with van der Waals surface area (Å²) in [5.41, 5.74) is 0. The van der Waals surface area contributed by atoms with Gasteiger partial charge in [0.25, 0.3) is 0 Å². The van der Waals surface area contributed by atoms with Crippen molar-refractivity contribution in [3.8, 4) is 0 Å². The van der Waals surface area contributed by atoms with Crippen molar-refractivity contribution in [2.75, 3.05) is 33.4 Å². The van der Waals surface area contributed by atoms with E-state index in [2.05, 4.69) is 16.3 Å². The van der Waals surface area contributed by atoms with E-state index in [1.807, 2.05) is 6.07 Å². The van der Waals surface area contributed by atoms with Crippen LogP contribution in [0.3, 0.4) is 0 Å². The van der Waals surface area contributed by atoms with Gasteiger partial charge in [0.1, 0.15) is 0 Å². The maximum atomic E-state index is 5.90. The van der Waals surface area contributed by atoms with Gasteiger partial charge in [0.15, 0.2) is 0 Å². The molecule has 0 amide bonds. The maximum absolute atomic E-state index is 5.90. The minimum Gasteiger partial charge on any atom is -0.383 e. The molecule has 1 heterocycles. The summed E-state index contributed by atoms with van der Waals surface area (Å²) in [6.07, 6.45) is 2.70. The number of halogens is 1. The van der Waals surface area contributed by atoms with E-state index in [1.165, 1.54) is 17.7 Å². The summed E-state index contributed by atoms with van der Waals surface area (Å²) in [5, 5.41) is 3.47. The molecular formula is C13H21ClN2OS. The van der Waals surface area contributed by atoms with Gasteiger partial charge in [-0.2, -0.15) is 0 Å². The Balaban J connectivity index is 1.60. The number of hydrogen-bond donors (Lipinski definition) is 1. The summed E-state index contributed by atoms with van der Waals surface area (Å²) in [7, 11) is 1.77. The maximum Gasteiger partial charge on any atom is 0.0931 e. The van der Waals surface area contributed by atoms with Gasteiger partial charge < -0.3 is 10.1 Å². The Labute approximate surface area is 118 Å². The molecule has 1 aliphatic carbocycles. The molecule has 2 rings (SSSR count). The van der Waals surface area contributed by atoms with Gasteiger partial charge in [-0.15, -0.1) is 11.3 Å². The van der Waals surface area contributed by atoms with E-state index in [4.69, 9.17) is 16.3 Å². The molecular weight excluding hydrogens is 268 g/mol. The first-order chi connectivity index (χ1) is 8.79. The third kappa shape index (κ3) is 4.86. The van der Waals surface area contributed by atoms with Gasteiger partial charge in [0, 0.05) is 44.2 Å². The second-order valence-corrected chi connectivity index (χ2v) is 6.44. The van der Waals surface area contributed by atoms with Crippen molar-refractivity contribution in [1.29, 1.82) is 0 Å². The van der Waals surface area contributed by atoms with Crippen molar-refractivity contribution in [2.24, 2.45) is 0 Å². The first-order valence-corrected chi connectivity index (χ1v) is 7.67. The van der Waals surface area contributed by atoms with Gasteiger partial charge in [-0.25, -0.2) is 0 Å². The Morgan fingerprint density at radius 2 is 2.28 bits per heavy atom. The van der Waals surface area contributed by atoms with Crippen LogP contribution >= 0.6 is 22.9 Å². The fourth-order valence-electron chi connectivity index (χ4n) is 2.01. The van der Waals surface area contributed by atoms with E-state index in [1.54, 1.807) is 18.4 Å². The molecule has 0 unspecified atom stereocenters. The molecule has 0 bridgehead atoms. The number of rotatable bonds is 9. The van der Waals surface area contributed by atoms with Gasteiger partial charge in [0.2, 0.25) is 0 Å². The smallest absolute Gasteiger partial charge is 0.0931 e. The van der Waals surface area contributed by atoms with Crippen LogP contribution in [0, 0.1) is 0 Å². The second-order valence-electron chi connectivity index (χ2n) is 4.64. The molecule has 5 heteroatoms. The Hall–Kier alpha value is -0.130. The highest BCUT2D eigenvalue weighted by molar-refractivity contribution is 7.16. The Kier molecular flexibility index (Phi) is 5.92. The fourth-order valence-corrected chi connectivity index (χ4v) is 3.06. The van der Waals surface area contributed by atoms with Crippen molar-refractivity contribution < 1.29 is 4.74 Å². The molecule has 102 valence electrons. The lowest BCUT2D eigenvalue weighted by Crippen LogP contribution is -2.35. The molecule has 0 saturated heterocycles. The van der Waals surface area contributed by atoms with Crippen LogP contribution in [-0.2, 0) is 11.3 Å². The number of nitrogens with zero attached hydrogens (tertiary/aromatic N) is 1. The third-order valence-corrected chi connectivity index (χ3v) is 4.38. The highest BCUT2D eigenvalue weighted by Gasteiger charge is 2.27. The van der Waals surface area contributed by atoms with Crippen LogP contribution in [0.1, 0.15) is 17.7 Å². The number of thiophene rings is 1. The van der Waals surface area contributed by atoms with Gasteiger partial charge >= 0.3 is 0 Å². The van der Waals surface area contributed by atoms with Gasteiger partial charge in [-0.1, -0.05) is 11.6 Å². The molecule has 1 N–H and O–H groups in total. The fraction of sp³-hybridized carbons (Fsp3) is 0.692. The summed E-state index contributed by atoms with van der Waals surface area (Å²) >= 11 is 7.55. The quantitative estimate of drug-likeness (QED) is 0.707. The van der Waals surface area contributed by atoms with Crippen LogP contribution in [0.25, 0.3) is 0 Å². The molecule has 0 aromatic carbocycles. The Morgan fingerprint density at radius 3 is 2.89 bits per heavy atom. The zero-order valence-electron chi connectivity index (χ0n) is 10.8. The summed E-state index contributed by atoms with van der Waals surface area (Å²) in [5.74, 6) is 0. The third-order valence-electron chi connectivity index (χ3n) is 3.15. The van der Waals surface area contributed by atoms with Crippen LogP contribution < -0.4 is 5.32 Å². The minimum atomic E-state index is 0.804. The molecule has 3 nitrogen and oxygen atoms in total. The van der Waals surface area contributed by atoms with Crippen LogP contribution in [0.4, 0.5) is 0 Å². The molecule has 0 spiro atoms. The number of methoxy groups -OCH3 is 1. The van der Waals surface area contributed by atoms with E-state index in [9.17, 15) is 0 Å². The molecule has 0 aliphatic heterocycles. The molecule has 1 fully saturated rings. The predicted octanol–water partition coefficient (Wildman–Crippen LogP) is 2.60. The lowest BCUT2D eigenvalue weighted by Gasteiger charge is -2.21. The summed E-state index contributed by atoms with van der Waals surface area (Å²) in [6.45, 7) is 4.92. The molecule has 1 aromatic rings. The zero-order chi connectivity index (χ0) is 12.8. The Bertz CT molecular complexity index is 355. The summed E-state index contributed by atoms with van der Waals surface area (Å²) in [4.78, 5) is 3.83. The molecule has 1 saturated carbocycles. The summed E-state index contributed by atoms with van der Waals surface area (Å²) in [6, 6.07) is 4.85. The van der Waals surface area contributed by atoms with Gasteiger partial charge in [-0.05, 0) is 25.0 Å². The predicted molar refractivity (Wildman–Crippen MR) is 77.5 cm³/mol. The average Bonchev–Trinajstić information content (AvgIpc) is 3.12. The van der Waals surface area contributed by atoms with Crippen LogP contribution in [-0.4, -0.2) is 44.3 Å². The van der Waals surface area contributed by atoms with Crippen molar-refractivity contribution in [3.05, 3.63) is 21.3 Å². The monoisotopic (exact) mass is 288 g/mol. The molecule has 0 radical (unpaired) electrons. The van der Waals surface area contributed by atoms with E-state index >= 15 is 0 Å². The molecule has 18 heavy (non-hydrogen) atoms. The lowest BCUT2D eigenvalue weighted by atomic mass is 10.4. The van der Waals surface area contributed by atoms with E-state index in [-0.39, 0.29) is 0 Å². The summed E-state index contributed by atoms with van der Waals surface area (Å²) < 4.78 is 6.02. The van der Waals surface area contributed by atoms with Gasteiger partial charge in [0.05, 0.1) is 10.9 Å². The molecule has 1 aliphatic rings. The lowest BCUT2D eigenvalue weighted by molar-refractivity contribution is 0.144. The van der Waals surface area contributed by atoms with Crippen molar-refractivity contribution in [2.45, 2.75) is 25.4 Å². The largest absolute Gasteiger partial charge is 0.383 e. The minimum absolute atomic E-state index is 0.804. The first-order valence-electron chi connectivity index (χ1n) is 6.47. The normalized spacial score (nSPS) is 15.5. The number of hydrogen-bond acceptors (Lipinski definition) is 4. The van der Waals surface area contributed by atoms with Crippen molar-refractivity contribution in [3.63, 3.8) is 0 Å². The molecule has 0 atom stereocenters. The molecule has 1 aromatic heterocycles.